The van der Waals surface area contributed by atoms with Gasteiger partial charge in [0.05, 0.1) is 12.4 Å². The van der Waals surface area contributed by atoms with Crippen molar-refractivity contribution in [3.63, 3.8) is 0 Å². The maximum absolute atomic E-state index is 12.9. The lowest BCUT2D eigenvalue weighted by Gasteiger charge is -2.35. The van der Waals surface area contributed by atoms with Crippen molar-refractivity contribution in [3.05, 3.63) is 29.3 Å². The minimum atomic E-state index is 0.121. The number of tetrazole rings is 1. The highest BCUT2D eigenvalue weighted by Gasteiger charge is 2.24. The third kappa shape index (κ3) is 3.37. The predicted molar refractivity (Wildman–Crippen MR) is 110 cm³/mol. The number of amides is 1. The Kier molecular flexibility index (Phi) is 4.56. The largest absolute Gasteiger partial charge is 0.366 e. The van der Waals surface area contributed by atoms with Gasteiger partial charge in [0.15, 0.2) is 11.5 Å². The second-order valence-corrected chi connectivity index (χ2v) is 7.53. The molecule has 0 aromatic carbocycles. The number of hydrogen-bond donors (Lipinski definition) is 1. The van der Waals surface area contributed by atoms with E-state index >= 15 is 0 Å². The topological polar surface area (TPSA) is 149 Å². The van der Waals surface area contributed by atoms with Crippen LogP contribution in [0.25, 0.3) is 11.4 Å². The molecule has 4 aromatic heterocycles. The van der Waals surface area contributed by atoms with E-state index in [1.54, 1.807) is 21.4 Å². The summed E-state index contributed by atoms with van der Waals surface area (Å²) in [6.07, 6.45) is 4.36. The van der Waals surface area contributed by atoms with E-state index in [0.717, 1.165) is 22.8 Å². The van der Waals surface area contributed by atoms with Gasteiger partial charge in [-0.2, -0.15) is 14.0 Å². The highest BCUT2D eigenvalue weighted by atomic mass is 16.2. The molecule has 0 unspecified atom stereocenters. The Hall–Kier alpha value is -3.90. The number of aromatic nitrogens is 9. The molecule has 1 aliphatic rings. The van der Waals surface area contributed by atoms with Crippen molar-refractivity contribution < 1.29 is 4.79 Å². The summed E-state index contributed by atoms with van der Waals surface area (Å²) in [7, 11) is 0. The van der Waals surface area contributed by atoms with Crippen LogP contribution >= 0.6 is 0 Å². The zero-order chi connectivity index (χ0) is 21.5. The van der Waals surface area contributed by atoms with E-state index in [1.165, 1.54) is 0 Å². The van der Waals surface area contributed by atoms with Gasteiger partial charge < -0.3 is 15.5 Å². The van der Waals surface area contributed by atoms with Crippen LogP contribution in [0.1, 0.15) is 23.4 Å². The van der Waals surface area contributed by atoms with Crippen LogP contribution in [-0.2, 0) is 11.2 Å². The summed E-state index contributed by atoms with van der Waals surface area (Å²) in [5.41, 5.74) is 9.05. The van der Waals surface area contributed by atoms with Crippen LogP contribution < -0.4 is 10.6 Å². The SMILES string of the molecule is Cc1nc2nc(N)nn2c(C)c1CCC(=O)N1CCN(c2cncc3nnnn23)CC1. The van der Waals surface area contributed by atoms with E-state index in [4.69, 9.17) is 5.73 Å². The van der Waals surface area contributed by atoms with Gasteiger partial charge in [0.2, 0.25) is 11.9 Å². The number of piperazine rings is 1. The van der Waals surface area contributed by atoms with Crippen LogP contribution in [0.2, 0.25) is 0 Å². The number of nitrogens with two attached hydrogens (primary N) is 1. The van der Waals surface area contributed by atoms with E-state index in [0.29, 0.717) is 50.4 Å². The molecule has 13 nitrogen and oxygen atoms in total. The lowest BCUT2D eigenvalue weighted by atomic mass is 10.1. The molecular weight excluding hydrogens is 400 g/mol. The minimum absolute atomic E-state index is 0.121. The molecule has 31 heavy (non-hydrogen) atoms. The molecule has 0 bridgehead atoms. The Morgan fingerprint density at radius 1 is 1.10 bits per heavy atom. The van der Waals surface area contributed by atoms with E-state index in [2.05, 4.69) is 40.5 Å². The van der Waals surface area contributed by atoms with Gasteiger partial charge >= 0.3 is 0 Å². The number of anilines is 2. The molecule has 0 spiro atoms. The van der Waals surface area contributed by atoms with Gasteiger partial charge in [0, 0.05) is 44.0 Å². The van der Waals surface area contributed by atoms with Crippen molar-refractivity contribution in [2.75, 3.05) is 36.8 Å². The number of rotatable bonds is 4. The van der Waals surface area contributed by atoms with E-state index in [-0.39, 0.29) is 11.9 Å². The Labute approximate surface area is 176 Å². The average Bonchev–Trinajstić information content (AvgIpc) is 3.39. The van der Waals surface area contributed by atoms with Crippen molar-refractivity contribution in [2.24, 2.45) is 0 Å². The van der Waals surface area contributed by atoms with Crippen molar-refractivity contribution >= 4 is 29.1 Å². The Balaban J connectivity index is 1.24. The van der Waals surface area contributed by atoms with Crippen LogP contribution in [0.15, 0.2) is 12.4 Å². The predicted octanol–water partition coefficient (Wildman–Crippen LogP) is -0.563. The van der Waals surface area contributed by atoms with Gasteiger partial charge in [0.25, 0.3) is 5.78 Å². The molecule has 1 fully saturated rings. The molecule has 5 rings (SSSR count). The highest BCUT2D eigenvalue weighted by molar-refractivity contribution is 5.77. The molecular formula is C18H22N12O. The molecule has 2 N–H and O–H groups in total. The summed E-state index contributed by atoms with van der Waals surface area (Å²) in [5, 5.41) is 15.8. The van der Waals surface area contributed by atoms with Crippen LogP contribution in [0, 0.1) is 13.8 Å². The zero-order valence-corrected chi connectivity index (χ0v) is 17.3. The second-order valence-electron chi connectivity index (χ2n) is 7.53. The van der Waals surface area contributed by atoms with Gasteiger partial charge in [-0.25, -0.2) is 4.98 Å². The molecule has 13 heteroatoms. The Morgan fingerprint density at radius 2 is 1.90 bits per heavy atom. The maximum Gasteiger partial charge on any atom is 0.254 e. The van der Waals surface area contributed by atoms with Crippen LogP contribution in [-0.4, -0.2) is 81.6 Å². The molecule has 1 aliphatic heterocycles. The average molecular weight is 422 g/mol. The fraction of sp³-hybridized carbons (Fsp3) is 0.444. The van der Waals surface area contributed by atoms with Gasteiger partial charge in [-0.1, -0.05) is 0 Å². The Morgan fingerprint density at radius 3 is 2.71 bits per heavy atom. The van der Waals surface area contributed by atoms with Gasteiger partial charge in [-0.05, 0) is 36.3 Å². The molecule has 0 radical (unpaired) electrons. The monoisotopic (exact) mass is 422 g/mol. The third-order valence-electron chi connectivity index (χ3n) is 5.70. The zero-order valence-electron chi connectivity index (χ0n) is 17.3. The standard InChI is InChI=1S/C18H22N12O/c1-11-13(12(2)29-18(21-11)22-17(19)24-29)3-4-16(31)28-7-5-27(6-8-28)15-10-20-9-14-23-25-26-30(14)15/h9-10H,3-8H2,1-2H3,(H2,19,24). The van der Waals surface area contributed by atoms with Crippen molar-refractivity contribution in [3.8, 4) is 0 Å². The summed E-state index contributed by atoms with van der Waals surface area (Å²) < 4.78 is 3.30. The summed E-state index contributed by atoms with van der Waals surface area (Å²) in [6.45, 7) is 6.51. The number of fused-ring (bicyclic) bond motifs is 2. The summed E-state index contributed by atoms with van der Waals surface area (Å²) in [5.74, 6) is 1.61. The fourth-order valence-electron chi connectivity index (χ4n) is 4.04. The second kappa shape index (κ2) is 7.41. The lowest BCUT2D eigenvalue weighted by Crippen LogP contribution is -2.49. The van der Waals surface area contributed by atoms with Crippen molar-refractivity contribution in [1.29, 1.82) is 0 Å². The van der Waals surface area contributed by atoms with E-state index in [1.807, 2.05) is 18.7 Å². The molecule has 0 atom stereocenters. The van der Waals surface area contributed by atoms with Gasteiger partial charge in [-0.3, -0.25) is 9.78 Å². The number of hydrogen-bond acceptors (Lipinski definition) is 10. The third-order valence-corrected chi connectivity index (χ3v) is 5.70. The van der Waals surface area contributed by atoms with Crippen molar-refractivity contribution in [2.45, 2.75) is 26.7 Å². The summed E-state index contributed by atoms with van der Waals surface area (Å²) in [6, 6.07) is 0. The first-order chi connectivity index (χ1) is 15.0. The normalized spacial score (nSPS) is 14.6. The number of carbonyl (C=O) groups excluding carboxylic acids is 1. The van der Waals surface area contributed by atoms with Gasteiger partial charge in [-0.15, -0.1) is 10.2 Å². The van der Waals surface area contributed by atoms with Crippen molar-refractivity contribution in [1.82, 2.24) is 49.5 Å². The van der Waals surface area contributed by atoms with Gasteiger partial charge in [0.1, 0.15) is 0 Å². The van der Waals surface area contributed by atoms with Crippen LogP contribution in [0.4, 0.5) is 11.8 Å². The quantitative estimate of drug-likeness (QED) is 0.453. The minimum Gasteiger partial charge on any atom is -0.366 e. The lowest BCUT2D eigenvalue weighted by molar-refractivity contribution is -0.131. The maximum atomic E-state index is 12.9. The summed E-state index contributed by atoms with van der Waals surface area (Å²) >= 11 is 0. The summed E-state index contributed by atoms with van der Waals surface area (Å²) in [4.78, 5) is 29.7. The molecule has 5 heterocycles. The first-order valence-corrected chi connectivity index (χ1v) is 10.0. The first-order valence-electron chi connectivity index (χ1n) is 10.0. The smallest absolute Gasteiger partial charge is 0.254 e. The number of carbonyl (C=O) groups is 1. The first kappa shape index (κ1) is 19.1. The molecule has 1 amide bonds. The van der Waals surface area contributed by atoms with Crippen LogP contribution in [0.3, 0.4) is 0 Å². The molecule has 0 aliphatic carbocycles. The molecule has 4 aromatic rings. The molecule has 1 saturated heterocycles. The highest BCUT2D eigenvalue weighted by Crippen LogP contribution is 2.18. The molecule has 0 saturated carbocycles. The van der Waals surface area contributed by atoms with E-state index in [9.17, 15) is 4.79 Å². The van der Waals surface area contributed by atoms with E-state index < -0.39 is 0 Å². The molecule has 160 valence electrons. The number of nitrogen functional groups attached to an aromatic ring is 1. The number of aryl methyl sites for hydroxylation is 2. The fourth-order valence-corrected chi connectivity index (χ4v) is 4.04. The van der Waals surface area contributed by atoms with Crippen LogP contribution in [0.5, 0.6) is 0 Å². The Bertz CT molecular complexity index is 1270. The number of nitrogens with zero attached hydrogens (tertiary/aromatic N) is 11.